The van der Waals surface area contributed by atoms with E-state index in [1.165, 1.54) is 0 Å². The van der Waals surface area contributed by atoms with Crippen LogP contribution >= 0.6 is 0 Å². The van der Waals surface area contributed by atoms with Gasteiger partial charge in [-0.3, -0.25) is 4.79 Å². The number of benzene rings is 1. The molecule has 0 radical (unpaired) electrons. The minimum Gasteiger partial charge on any atom is -0.369 e. The number of anilines is 3. The van der Waals surface area contributed by atoms with Crippen LogP contribution < -0.4 is 16.4 Å². The van der Waals surface area contributed by atoms with Gasteiger partial charge in [0.05, 0.1) is 0 Å². The van der Waals surface area contributed by atoms with E-state index in [4.69, 9.17) is 5.73 Å². The van der Waals surface area contributed by atoms with Crippen molar-refractivity contribution in [1.82, 2.24) is 14.6 Å². The summed E-state index contributed by atoms with van der Waals surface area (Å²) < 4.78 is 1.81. The molecular formula is C19H22N6O. The molecule has 0 aliphatic heterocycles. The van der Waals surface area contributed by atoms with Crippen LogP contribution in [0.1, 0.15) is 25.7 Å². The smallest absolute Gasteiger partial charge is 0.247 e. The predicted molar refractivity (Wildman–Crippen MR) is 101 cm³/mol. The highest BCUT2D eigenvalue weighted by atomic mass is 16.1. The first-order valence-electron chi connectivity index (χ1n) is 8.93. The van der Waals surface area contributed by atoms with E-state index >= 15 is 0 Å². The standard InChI is InChI=1S/C19H22N6O/c20-18(26)13-9-11-15(12-10-13)21-16-7-4-8-17-23-19(24-25(16)17)22-14-5-2-1-3-6-14/h1-8,13,15,21H,9-12H2,(H2,20,26)(H,22,24)/t13-,15+. The summed E-state index contributed by atoms with van der Waals surface area (Å²) in [7, 11) is 0. The minimum atomic E-state index is -0.182. The number of carbonyl (C=O) groups is 1. The van der Waals surface area contributed by atoms with Crippen LogP contribution in [-0.4, -0.2) is 26.5 Å². The maximum atomic E-state index is 11.3. The van der Waals surface area contributed by atoms with Gasteiger partial charge >= 0.3 is 0 Å². The SMILES string of the molecule is NC(=O)[C@H]1CC[C@@H](Nc2cccc3nc(Nc4ccccc4)nn23)CC1. The summed E-state index contributed by atoms with van der Waals surface area (Å²) in [6, 6.07) is 16.0. The number of hydrogen-bond acceptors (Lipinski definition) is 5. The van der Waals surface area contributed by atoms with Crippen LogP contribution in [0.25, 0.3) is 5.65 Å². The summed E-state index contributed by atoms with van der Waals surface area (Å²) in [5, 5.41) is 11.3. The van der Waals surface area contributed by atoms with E-state index in [2.05, 4.69) is 20.7 Å². The van der Waals surface area contributed by atoms with E-state index < -0.39 is 0 Å². The highest BCUT2D eigenvalue weighted by Crippen LogP contribution is 2.26. The van der Waals surface area contributed by atoms with E-state index in [9.17, 15) is 4.79 Å². The lowest BCUT2D eigenvalue weighted by atomic mass is 9.85. The summed E-state index contributed by atoms with van der Waals surface area (Å²) in [6.07, 6.45) is 3.52. The molecule has 0 unspecified atom stereocenters. The van der Waals surface area contributed by atoms with Crippen molar-refractivity contribution in [3.8, 4) is 0 Å². The third-order valence-corrected chi connectivity index (χ3v) is 4.87. The van der Waals surface area contributed by atoms with Gasteiger partial charge in [0.15, 0.2) is 5.65 Å². The van der Waals surface area contributed by atoms with Crippen molar-refractivity contribution in [3.63, 3.8) is 0 Å². The van der Waals surface area contributed by atoms with Crippen LogP contribution in [0.4, 0.5) is 17.5 Å². The number of nitrogens with two attached hydrogens (primary N) is 1. The Morgan fingerprint density at radius 1 is 1.04 bits per heavy atom. The largest absolute Gasteiger partial charge is 0.369 e. The predicted octanol–water partition coefficient (Wildman–Crippen LogP) is 2.93. The molecule has 0 bridgehead atoms. The van der Waals surface area contributed by atoms with Crippen LogP contribution in [0.2, 0.25) is 0 Å². The Balaban J connectivity index is 1.50. The lowest BCUT2D eigenvalue weighted by Crippen LogP contribution is -2.32. The Kier molecular flexibility index (Phi) is 4.43. The van der Waals surface area contributed by atoms with Gasteiger partial charge in [0, 0.05) is 17.6 Å². The first-order valence-corrected chi connectivity index (χ1v) is 8.93. The molecule has 1 aromatic carbocycles. The highest BCUT2D eigenvalue weighted by Gasteiger charge is 2.25. The Hall–Kier alpha value is -3.09. The van der Waals surface area contributed by atoms with Crippen molar-refractivity contribution in [1.29, 1.82) is 0 Å². The number of para-hydroxylation sites is 1. The number of rotatable bonds is 5. The molecule has 0 spiro atoms. The Bertz CT molecular complexity index is 899. The van der Waals surface area contributed by atoms with Gasteiger partial charge in [-0.1, -0.05) is 24.3 Å². The van der Waals surface area contributed by atoms with E-state index in [1.54, 1.807) is 0 Å². The fourth-order valence-electron chi connectivity index (χ4n) is 3.45. The number of aromatic nitrogens is 3. The highest BCUT2D eigenvalue weighted by molar-refractivity contribution is 5.76. The second kappa shape index (κ2) is 7.03. The average Bonchev–Trinajstić information content (AvgIpc) is 3.06. The van der Waals surface area contributed by atoms with Crippen LogP contribution in [0, 0.1) is 5.92 Å². The summed E-state index contributed by atoms with van der Waals surface area (Å²) in [5.74, 6) is 1.29. The third-order valence-electron chi connectivity index (χ3n) is 4.87. The van der Waals surface area contributed by atoms with E-state index in [0.717, 1.165) is 42.8 Å². The first kappa shape index (κ1) is 16.4. The molecule has 134 valence electrons. The number of primary amides is 1. The molecule has 1 aliphatic carbocycles. The van der Waals surface area contributed by atoms with Crippen molar-refractivity contribution in [2.45, 2.75) is 31.7 Å². The molecule has 4 rings (SSSR count). The molecule has 7 nitrogen and oxygen atoms in total. The van der Waals surface area contributed by atoms with Gasteiger partial charge in [0.2, 0.25) is 11.9 Å². The quantitative estimate of drug-likeness (QED) is 0.657. The first-order chi connectivity index (χ1) is 12.7. The summed E-state index contributed by atoms with van der Waals surface area (Å²) in [5.41, 5.74) is 7.14. The lowest BCUT2D eigenvalue weighted by Gasteiger charge is -2.28. The van der Waals surface area contributed by atoms with E-state index in [-0.39, 0.29) is 11.8 Å². The monoisotopic (exact) mass is 350 g/mol. The molecule has 2 aromatic heterocycles. The number of hydrogen-bond donors (Lipinski definition) is 3. The van der Waals surface area contributed by atoms with Crippen LogP contribution in [0.15, 0.2) is 48.5 Å². The summed E-state index contributed by atoms with van der Waals surface area (Å²) in [6.45, 7) is 0. The maximum absolute atomic E-state index is 11.3. The minimum absolute atomic E-state index is 0.0110. The molecule has 3 aromatic rings. The summed E-state index contributed by atoms with van der Waals surface area (Å²) >= 11 is 0. The number of pyridine rings is 1. The van der Waals surface area contributed by atoms with Gasteiger partial charge in [0.1, 0.15) is 5.82 Å². The zero-order valence-electron chi connectivity index (χ0n) is 14.4. The fraction of sp³-hybridized carbons (Fsp3) is 0.316. The van der Waals surface area contributed by atoms with Crippen LogP contribution in [0.3, 0.4) is 0 Å². The molecule has 7 heteroatoms. The van der Waals surface area contributed by atoms with Crippen molar-refractivity contribution in [2.24, 2.45) is 11.7 Å². The number of amides is 1. The zero-order chi connectivity index (χ0) is 17.9. The topological polar surface area (TPSA) is 97.3 Å². The molecule has 0 saturated heterocycles. The number of nitrogens with zero attached hydrogens (tertiary/aromatic N) is 3. The van der Waals surface area contributed by atoms with Gasteiger partial charge in [-0.05, 0) is 49.9 Å². The van der Waals surface area contributed by atoms with Crippen molar-refractivity contribution in [3.05, 3.63) is 48.5 Å². The molecule has 26 heavy (non-hydrogen) atoms. The second-order valence-corrected chi connectivity index (χ2v) is 6.70. The fourth-order valence-corrected chi connectivity index (χ4v) is 3.45. The van der Waals surface area contributed by atoms with Crippen molar-refractivity contribution in [2.75, 3.05) is 10.6 Å². The molecule has 1 amide bonds. The van der Waals surface area contributed by atoms with E-state index in [1.807, 2.05) is 53.0 Å². The van der Waals surface area contributed by atoms with Gasteiger partial charge in [-0.15, -0.1) is 5.10 Å². The average molecular weight is 350 g/mol. The number of nitrogens with one attached hydrogen (secondary N) is 2. The van der Waals surface area contributed by atoms with Gasteiger partial charge in [-0.25, -0.2) is 0 Å². The van der Waals surface area contributed by atoms with E-state index in [0.29, 0.717) is 12.0 Å². The number of carbonyl (C=O) groups excluding carboxylic acids is 1. The third kappa shape index (κ3) is 3.46. The van der Waals surface area contributed by atoms with Gasteiger partial charge in [-0.2, -0.15) is 9.50 Å². The van der Waals surface area contributed by atoms with Gasteiger partial charge < -0.3 is 16.4 Å². The zero-order valence-corrected chi connectivity index (χ0v) is 14.4. The molecule has 1 saturated carbocycles. The summed E-state index contributed by atoms with van der Waals surface area (Å²) in [4.78, 5) is 15.9. The molecule has 2 heterocycles. The van der Waals surface area contributed by atoms with Crippen molar-refractivity contribution < 1.29 is 4.79 Å². The molecule has 0 atom stereocenters. The van der Waals surface area contributed by atoms with Crippen LogP contribution in [0.5, 0.6) is 0 Å². The van der Waals surface area contributed by atoms with Crippen LogP contribution in [-0.2, 0) is 4.79 Å². The number of fused-ring (bicyclic) bond motifs is 1. The molecular weight excluding hydrogens is 328 g/mol. The Morgan fingerprint density at radius 3 is 2.54 bits per heavy atom. The Morgan fingerprint density at radius 2 is 1.81 bits per heavy atom. The maximum Gasteiger partial charge on any atom is 0.247 e. The Labute approximate surface area is 151 Å². The van der Waals surface area contributed by atoms with Gasteiger partial charge in [0.25, 0.3) is 0 Å². The lowest BCUT2D eigenvalue weighted by molar-refractivity contribution is -0.122. The molecule has 1 fully saturated rings. The molecule has 1 aliphatic rings. The second-order valence-electron chi connectivity index (χ2n) is 6.70. The van der Waals surface area contributed by atoms with Crippen molar-refractivity contribution >= 4 is 29.0 Å². The molecule has 4 N–H and O–H groups in total. The normalized spacial score (nSPS) is 20.0.